The average molecular weight is 393 g/mol. The van der Waals surface area contributed by atoms with Gasteiger partial charge in [-0.15, -0.1) is 11.3 Å². The molecule has 0 amide bonds. The van der Waals surface area contributed by atoms with Crippen LogP contribution >= 0.6 is 11.3 Å². The summed E-state index contributed by atoms with van der Waals surface area (Å²) in [5, 5.41) is 2.14. The second-order valence-electron chi connectivity index (χ2n) is 7.65. The Hall–Kier alpha value is -2.40. The molecule has 4 rings (SSSR count). The molecule has 0 fully saturated rings. The van der Waals surface area contributed by atoms with Crippen molar-refractivity contribution in [3.63, 3.8) is 0 Å². The SMILES string of the molecule is CCN(c1nc(C)c2c(n1)N(Cc1cccs1)CC2)c1c(C)cc(C)cc1C. The van der Waals surface area contributed by atoms with Crippen LogP contribution in [0.25, 0.3) is 0 Å². The summed E-state index contributed by atoms with van der Waals surface area (Å²) in [6.07, 6.45) is 1.03. The smallest absolute Gasteiger partial charge is 0.232 e. The highest BCUT2D eigenvalue weighted by Gasteiger charge is 2.26. The summed E-state index contributed by atoms with van der Waals surface area (Å²) in [5.41, 5.74) is 7.48. The van der Waals surface area contributed by atoms with E-state index in [4.69, 9.17) is 9.97 Å². The number of hydrogen-bond donors (Lipinski definition) is 0. The predicted molar refractivity (Wildman–Crippen MR) is 119 cm³/mol. The van der Waals surface area contributed by atoms with Gasteiger partial charge in [0.05, 0.1) is 6.54 Å². The Bertz CT molecular complexity index is 971. The molecule has 28 heavy (non-hydrogen) atoms. The average Bonchev–Trinajstić information content (AvgIpc) is 3.29. The molecule has 5 heteroatoms. The quantitative estimate of drug-likeness (QED) is 0.574. The van der Waals surface area contributed by atoms with Crippen LogP contribution in [0, 0.1) is 27.7 Å². The fourth-order valence-electron chi connectivity index (χ4n) is 4.34. The van der Waals surface area contributed by atoms with Gasteiger partial charge >= 0.3 is 0 Å². The van der Waals surface area contributed by atoms with E-state index < -0.39 is 0 Å². The van der Waals surface area contributed by atoms with Gasteiger partial charge < -0.3 is 9.80 Å². The van der Waals surface area contributed by atoms with Gasteiger partial charge in [-0.3, -0.25) is 0 Å². The summed E-state index contributed by atoms with van der Waals surface area (Å²) < 4.78 is 0. The topological polar surface area (TPSA) is 32.3 Å². The van der Waals surface area contributed by atoms with E-state index in [-0.39, 0.29) is 0 Å². The lowest BCUT2D eigenvalue weighted by molar-refractivity contribution is 0.832. The van der Waals surface area contributed by atoms with Crippen molar-refractivity contribution in [2.24, 2.45) is 0 Å². The maximum absolute atomic E-state index is 5.07. The van der Waals surface area contributed by atoms with Gasteiger partial charge in [-0.1, -0.05) is 23.8 Å². The van der Waals surface area contributed by atoms with Crippen molar-refractivity contribution in [2.75, 3.05) is 22.9 Å². The van der Waals surface area contributed by atoms with Crippen LogP contribution in [0.4, 0.5) is 17.5 Å². The molecule has 0 aliphatic carbocycles. The molecular formula is C23H28N4S. The number of aromatic nitrogens is 2. The van der Waals surface area contributed by atoms with E-state index in [1.807, 2.05) is 11.3 Å². The first-order valence-corrected chi connectivity index (χ1v) is 10.9. The minimum Gasteiger partial charge on any atom is -0.351 e. The summed E-state index contributed by atoms with van der Waals surface area (Å²) in [6, 6.07) is 8.81. The van der Waals surface area contributed by atoms with Crippen molar-refractivity contribution in [1.82, 2.24) is 9.97 Å². The molecule has 0 atom stereocenters. The van der Waals surface area contributed by atoms with Gasteiger partial charge in [0.15, 0.2) is 0 Å². The molecule has 146 valence electrons. The van der Waals surface area contributed by atoms with E-state index >= 15 is 0 Å². The van der Waals surface area contributed by atoms with Crippen LogP contribution in [0.3, 0.4) is 0 Å². The van der Waals surface area contributed by atoms with Crippen LogP contribution in [0.2, 0.25) is 0 Å². The lowest BCUT2D eigenvalue weighted by atomic mass is 10.0. The first-order chi connectivity index (χ1) is 13.5. The summed E-state index contributed by atoms with van der Waals surface area (Å²) in [4.78, 5) is 16.0. The molecular weight excluding hydrogens is 364 g/mol. The zero-order valence-electron chi connectivity index (χ0n) is 17.4. The second-order valence-corrected chi connectivity index (χ2v) is 8.69. The molecule has 0 radical (unpaired) electrons. The van der Waals surface area contributed by atoms with Crippen molar-refractivity contribution in [3.05, 3.63) is 62.5 Å². The third-order valence-electron chi connectivity index (χ3n) is 5.50. The van der Waals surface area contributed by atoms with Crippen LogP contribution in [-0.2, 0) is 13.0 Å². The fourth-order valence-corrected chi connectivity index (χ4v) is 5.06. The van der Waals surface area contributed by atoms with Gasteiger partial charge in [-0.25, -0.2) is 4.98 Å². The molecule has 2 aromatic heterocycles. The highest BCUT2D eigenvalue weighted by molar-refractivity contribution is 7.09. The van der Waals surface area contributed by atoms with E-state index in [9.17, 15) is 0 Å². The van der Waals surface area contributed by atoms with Gasteiger partial charge in [-0.05, 0) is 63.6 Å². The Morgan fingerprint density at radius 1 is 1.11 bits per heavy atom. The van der Waals surface area contributed by atoms with Crippen molar-refractivity contribution in [3.8, 4) is 0 Å². The minimum atomic E-state index is 0.812. The van der Waals surface area contributed by atoms with Crippen molar-refractivity contribution in [1.29, 1.82) is 0 Å². The summed E-state index contributed by atoms with van der Waals surface area (Å²) >= 11 is 1.81. The Balaban J connectivity index is 1.75. The number of aryl methyl sites for hydroxylation is 4. The summed E-state index contributed by atoms with van der Waals surface area (Å²) in [6.45, 7) is 13.6. The minimum absolute atomic E-state index is 0.812. The summed E-state index contributed by atoms with van der Waals surface area (Å²) in [5.74, 6) is 1.92. The van der Waals surface area contributed by atoms with Gasteiger partial charge in [0.2, 0.25) is 5.95 Å². The standard InChI is InChI=1S/C23H28N4S/c1-6-27(21-16(3)12-15(2)13-17(21)4)23-24-18(5)20-9-10-26(22(20)25-23)14-19-8-7-11-28-19/h7-8,11-13H,6,9-10,14H2,1-5H3. The Labute approximate surface area is 171 Å². The van der Waals surface area contributed by atoms with Crippen LogP contribution in [-0.4, -0.2) is 23.1 Å². The number of anilines is 3. The van der Waals surface area contributed by atoms with Crippen LogP contribution in [0.15, 0.2) is 29.6 Å². The zero-order chi connectivity index (χ0) is 19.8. The largest absolute Gasteiger partial charge is 0.351 e. The molecule has 0 unspecified atom stereocenters. The van der Waals surface area contributed by atoms with Gasteiger partial charge in [0.25, 0.3) is 0 Å². The van der Waals surface area contributed by atoms with Crippen LogP contribution in [0.5, 0.6) is 0 Å². The first kappa shape index (κ1) is 18.9. The third kappa shape index (κ3) is 3.39. The monoisotopic (exact) mass is 392 g/mol. The van der Waals surface area contributed by atoms with Gasteiger partial charge in [-0.2, -0.15) is 4.98 Å². The molecule has 0 saturated carbocycles. The van der Waals surface area contributed by atoms with Crippen molar-refractivity contribution < 1.29 is 0 Å². The Morgan fingerprint density at radius 3 is 2.50 bits per heavy atom. The number of thiophene rings is 1. The number of rotatable bonds is 5. The Kier molecular flexibility index (Phi) is 5.11. The molecule has 1 aliphatic rings. The summed E-state index contributed by atoms with van der Waals surface area (Å²) in [7, 11) is 0. The number of fused-ring (bicyclic) bond motifs is 1. The van der Waals surface area contributed by atoms with E-state index in [1.54, 1.807) is 0 Å². The number of nitrogens with zero attached hydrogens (tertiary/aromatic N) is 4. The molecule has 0 saturated heterocycles. The van der Waals surface area contributed by atoms with E-state index in [2.05, 4.69) is 74.1 Å². The lowest BCUT2D eigenvalue weighted by Gasteiger charge is -2.27. The normalized spacial score (nSPS) is 13.1. The van der Waals surface area contributed by atoms with E-state index in [0.29, 0.717) is 0 Å². The van der Waals surface area contributed by atoms with Crippen molar-refractivity contribution in [2.45, 2.75) is 47.6 Å². The molecule has 1 aliphatic heterocycles. The zero-order valence-corrected chi connectivity index (χ0v) is 18.2. The molecule has 1 aromatic carbocycles. The highest BCUT2D eigenvalue weighted by Crippen LogP contribution is 2.35. The molecule has 3 heterocycles. The van der Waals surface area contributed by atoms with E-state index in [0.717, 1.165) is 43.5 Å². The van der Waals surface area contributed by atoms with Crippen LogP contribution in [0.1, 0.15) is 39.7 Å². The number of benzene rings is 1. The van der Waals surface area contributed by atoms with Crippen LogP contribution < -0.4 is 9.80 Å². The van der Waals surface area contributed by atoms with Gasteiger partial charge in [0.1, 0.15) is 5.82 Å². The molecule has 3 aromatic rings. The molecule has 0 spiro atoms. The molecule has 4 nitrogen and oxygen atoms in total. The second kappa shape index (κ2) is 7.55. The maximum Gasteiger partial charge on any atom is 0.232 e. The van der Waals surface area contributed by atoms with Gasteiger partial charge in [0, 0.05) is 34.9 Å². The number of hydrogen-bond acceptors (Lipinski definition) is 5. The fraction of sp³-hybridized carbons (Fsp3) is 0.391. The first-order valence-electron chi connectivity index (χ1n) is 9.98. The maximum atomic E-state index is 5.07. The lowest BCUT2D eigenvalue weighted by Crippen LogP contribution is -2.24. The predicted octanol–water partition coefficient (Wildman–Crippen LogP) is 5.49. The highest BCUT2D eigenvalue weighted by atomic mass is 32.1. The Morgan fingerprint density at radius 2 is 1.86 bits per heavy atom. The van der Waals surface area contributed by atoms with Crippen molar-refractivity contribution >= 4 is 28.8 Å². The van der Waals surface area contributed by atoms with E-state index in [1.165, 1.54) is 32.8 Å². The third-order valence-corrected chi connectivity index (χ3v) is 6.36. The molecule has 0 bridgehead atoms. The molecule has 0 N–H and O–H groups in total.